The Morgan fingerprint density at radius 3 is 2.71 bits per heavy atom. The number of hydrogen-bond acceptors (Lipinski definition) is 3. The van der Waals surface area contributed by atoms with Crippen molar-refractivity contribution in [3.05, 3.63) is 35.6 Å². The summed E-state index contributed by atoms with van der Waals surface area (Å²) in [5.41, 5.74) is 3.53. The SMILES string of the molecule is CN(C)CC(NN)c1cccc(F)c1. The zero-order chi connectivity index (χ0) is 10.6. The van der Waals surface area contributed by atoms with Gasteiger partial charge in [-0.1, -0.05) is 12.1 Å². The molecule has 0 fully saturated rings. The van der Waals surface area contributed by atoms with Crippen LogP contribution >= 0.6 is 0 Å². The molecule has 14 heavy (non-hydrogen) atoms. The van der Waals surface area contributed by atoms with Crippen molar-refractivity contribution in [2.45, 2.75) is 6.04 Å². The second-order valence-electron chi connectivity index (χ2n) is 3.54. The van der Waals surface area contributed by atoms with Crippen LogP contribution in [0.15, 0.2) is 24.3 Å². The third-order valence-electron chi connectivity index (χ3n) is 2.00. The van der Waals surface area contributed by atoms with E-state index in [1.165, 1.54) is 12.1 Å². The number of benzene rings is 1. The predicted molar refractivity (Wildman–Crippen MR) is 55.0 cm³/mol. The van der Waals surface area contributed by atoms with Crippen LogP contribution in [0.3, 0.4) is 0 Å². The summed E-state index contributed by atoms with van der Waals surface area (Å²) in [4.78, 5) is 2.00. The maximum atomic E-state index is 12.9. The summed E-state index contributed by atoms with van der Waals surface area (Å²) < 4.78 is 12.9. The quantitative estimate of drug-likeness (QED) is 0.556. The molecular formula is C10H16FN3. The predicted octanol–water partition coefficient (Wildman–Crippen LogP) is 0.892. The van der Waals surface area contributed by atoms with Crippen LogP contribution in [-0.2, 0) is 0 Å². The van der Waals surface area contributed by atoms with Crippen LogP contribution in [0.25, 0.3) is 0 Å². The molecular weight excluding hydrogens is 181 g/mol. The Kier molecular flexibility index (Phi) is 4.00. The van der Waals surface area contributed by atoms with E-state index < -0.39 is 0 Å². The van der Waals surface area contributed by atoms with Gasteiger partial charge in [-0.3, -0.25) is 11.3 Å². The van der Waals surface area contributed by atoms with Gasteiger partial charge in [0.2, 0.25) is 0 Å². The highest BCUT2D eigenvalue weighted by Gasteiger charge is 2.10. The number of hydrazine groups is 1. The van der Waals surface area contributed by atoms with Crippen molar-refractivity contribution >= 4 is 0 Å². The van der Waals surface area contributed by atoms with Crippen molar-refractivity contribution in [2.24, 2.45) is 5.84 Å². The second kappa shape index (κ2) is 5.05. The van der Waals surface area contributed by atoms with Crippen LogP contribution < -0.4 is 11.3 Å². The van der Waals surface area contributed by atoms with Crippen LogP contribution in [0.2, 0.25) is 0 Å². The minimum Gasteiger partial charge on any atom is -0.307 e. The summed E-state index contributed by atoms with van der Waals surface area (Å²) in [5, 5.41) is 0. The van der Waals surface area contributed by atoms with Gasteiger partial charge in [-0.25, -0.2) is 4.39 Å². The van der Waals surface area contributed by atoms with Crippen molar-refractivity contribution in [3.63, 3.8) is 0 Å². The lowest BCUT2D eigenvalue weighted by atomic mass is 10.1. The zero-order valence-corrected chi connectivity index (χ0v) is 8.50. The Morgan fingerprint density at radius 2 is 2.21 bits per heavy atom. The fraction of sp³-hybridized carbons (Fsp3) is 0.400. The van der Waals surface area contributed by atoms with Gasteiger partial charge in [0.25, 0.3) is 0 Å². The molecule has 3 nitrogen and oxygen atoms in total. The summed E-state index contributed by atoms with van der Waals surface area (Å²) in [6.45, 7) is 0.736. The number of halogens is 1. The maximum absolute atomic E-state index is 12.9. The van der Waals surface area contributed by atoms with E-state index in [0.29, 0.717) is 0 Å². The van der Waals surface area contributed by atoms with Crippen molar-refractivity contribution in [2.75, 3.05) is 20.6 Å². The summed E-state index contributed by atoms with van der Waals surface area (Å²) in [6.07, 6.45) is 0. The van der Waals surface area contributed by atoms with Crippen molar-refractivity contribution in [1.29, 1.82) is 0 Å². The van der Waals surface area contributed by atoms with Gasteiger partial charge in [0.05, 0.1) is 6.04 Å². The van der Waals surface area contributed by atoms with E-state index in [9.17, 15) is 4.39 Å². The van der Waals surface area contributed by atoms with Gasteiger partial charge in [-0.2, -0.15) is 0 Å². The molecule has 0 spiro atoms. The van der Waals surface area contributed by atoms with Crippen LogP contribution in [0, 0.1) is 5.82 Å². The summed E-state index contributed by atoms with van der Waals surface area (Å²) >= 11 is 0. The van der Waals surface area contributed by atoms with Crippen molar-refractivity contribution < 1.29 is 4.39 Å². The molecule has 3 N–H and O–H groups in total. The molecule has 0 aliphatic heterocycles. The molecule has 1 unspecified atom stereocenters. The Balaban J connectivity index is 2.78. The van der Waals surface area contributed by atoms with Crippen molar-refractivity contribution in [3.8, 4) is 0 Å². The van der Waals surface area contributed by atoms with Gasteiger partial charge in [0.1, 0.15) is 5.82 Å². The molecule has 0 bridgehead atoms. The average molecular weight is 197 g/mol. The molecule has 0 amide bonds. The maximum Gasteiger partial charge on any atom is 0.123 e. The van der Waals surface area contributed by atoms with E-state index in [-0.39, 0.29) is 11.9 Å². The fourth-order valence-electron chi connectivity index (χ4n) is 1.34. The molecule has 1 rings (SSSR count). The third kappa shape index (κ3) is 3.06. The Hall–Kier alpha value is -0.970. The molecule has 0 heterocycles. The lowest BCUT2D eigenvalue weighted by Crippen LogP contribution is -2.35. The van der Waals surface area contributed by atoms with Gasteiger partial charge in [-0.05, 0) is 31.8 Å². The highest BCUT2D eigenvalue weighted by Crippen LogP contribution is 2.13. The number of likely N-dealkylation sites (N-methyl/N-ethyl adjacent to an activating group) is 1. The van der Waals surface area contributed by atoms with Crippen LogP contribution in [0.5, 0.6) is 0 Å². The molecule has 0 radical (unpaired) electrons. The normalized spacial score (nSPS) is 13.2. The highest BCUT2D eigenvalue weighted by atomic mass is 19.1. The van der Waals surface area contributed by atoms with Crippen LogP contribution in [0.1, 0.15) is 11.6 Å². The van der Waals surface area contributed by atoms with Gasteiger partial charge in [0, 0.05) is 6.54 Å². The van der Waals surface area contributed by atoms with E-state index in [1.54, 1.807) is 6.07 Å². The standard InChI is InChI=1S/C10H16FN3/c1-14(2)7-10(13-12)8-4-3-5-9(11)6-8/h3-6,10,13H,7,12H2,1-2H3. The summed E-state index contributed by atoms with van der Waals surface area (Å²) in [6, 6.07) is 6.42. The first-order valence-electron chi connectivity index (χ1n) is 4.50. The summed E-state index contributed by atoms with van der Waals surface area (Å²) in [5.74, 6) is 5.17. The zero-order valence-electron chi connectivity index (χ0n) is 8.50. The van der Waals surface area contributed by atoms with Crippen molar-refractivity contribution in [1.82, 2.24) is 10.3 Å². The van der Waals surface area contributed by atoms with Gasteiger partial charge in [-0.15, -0.1) is 0 Å². The molecule has 0 aliphatic rings. The third-order valence-corrected chi connectivity index (χ3v) is 2.00. The smallest absolute Gasteiger partial charge is 0.123 e. The molecule has 1 aromatic rings. The number of nitrogens with two attached hydrogens (primary N) is 1. The first kappa shape index (κ1) is 11.1. The lowest BCUT2D eigenvalue weighted by molar-refractivity contribution is 0.344. The first-order valence-corrected chi connectivity index (χ1v) is 4.50. The second-order valence-corrected chi connectivity index (χ2v) is 3.54. The fourth-order valence-corrected chi connectivity index (χ4v) is 1.34. The molecule has 1 atom stereocenters. The average Bonchev–Trinajstić information content (AvgIpc) is 2.14. The molecule has 1 aromatic carbocycles. The topological polar surface area (TPSA) is 41.3 Å². The first-order chi connectivity index (χ1) is 6.63. The number of nitrogens with zero attached hydrogens (tertiary/aromatic N) is 1. The Bertz CT molecular complexity index is 288. The molecule has 0 saturated heterocycles. The molecule has 4 heteroatoms. The lowest BCUT2D eigenvalue weighted by Gasteiger charge is -2.20. The monoisotopic (exact) mass is 197 g/mol. The molecule has 0 aliphatic carbocycles. The van der Waals surface area contributed by atoms with Crippen LogP contribution in [0.4, 0.5) is 4.39 Å². The van der Waals surface area contributed by atoms with E-state index in [4.69, 9.17) is 5.84 Å². The number of nitrogens with one attached hydrogen (secondary N) is 1. The highest BCUT2D eigenvalue weighted by molar-refractivity contribution is 5.20. The van der Waals surface area contributed by atoms with Crippen LogP contribution in [-0.4, -0.2) is 25.5 Å². The van der Waals surface area contributed by atoms with E-state index >= 15 is 0 Å². The van der Waals surface area contributed by atoms with Gasteiger partial charge < -0.3 is 4.90 Å². The molecule has 78 valence electrons. The minimum atomic E-state index is -0.235. The molecule has 0 saturated carbocycles. The summed E-state index contributed by atoms with van der Waals surface area (Å²) in [7, 11) is 3.90. The largest absolute Gasteiger partial charge is 0.307 e. The number of rotatable bonds is 4. The number of hydrogen-bond donors (Lipinski definition) is 2. The van der Waals surface area contributed by atoms with E-state index in [1.807, 2.05) is 25.1 Å². The molecule has 0 aromatic heterocycles. The van der Waals surface area contributed by atoms with Gasteiger partial charge in [0.15, 0.2) is 0 Å². The van der Waals surface area contributed by atoms with E-state index in [0.717, 1.165) is 12.1 Å². The minimum absolute atomic E-state index is 0.0410. The Labute approximate surface area is 83.7 Å². The Morgan fingerprint density at radius 1 is 1.50 bits per heavy atom. The van der Waals surface area contributed by atoms with Gasteiger partial charge >= 0.3 is 0 Å². The van der Waals surface area contributed by atoms with E-state index in [2.05, 4.69) is 5.43 Å².